The van der Waals surface area contributed by atoms with E-state index in [1.54, 1.807) is 24.3 Å². The average molecular weight is 503 g/mol. The number of aryl methyl sites for hydroxylation is 1. The second kappa shape index (κ2) is 10.0. The molecule has 0 unspecified atom stereocenters. The quantitative estimate of drug-likeness (QED) is 0.123. The van der Waals surface area contributed by atoms with Crippen LogP contribution in [0.1, 0.15) is 22.3 Å². The van der Waals surface area contributed by atoms with Crippen LogP contribution in [0.15, 0.2) is 79.4 Å². The molecule has 4 aromatic rings. The molecule has 37 heavy (non-hydrogen) atoms. The van der Waals surface area contributed by atoms with Crippen LogP contribution < -0.4 is 4.57 Å². The van der Waals surface area contributed by atoms with Crippen LogP contribution in [0.5, 0.6) is 0 Å². The SMILES string of the molecule is Cc1ccc(/C(O)=C(/c2c([N+](=O)[O-])cc([N+](=O)[O-])cc2[N+](=O)[O-])[n+]2cnn(Cc3ccccc3)c2)cc1. The van der Waals surface area contributed by atoms with Crippen LogP contribution in [0.3, 0.4) is 0 Å². The van der Waals surface area contributed by atoms with Crippen LogP contribution in [0.4, 0.5) is 17.1 Å². The third-order valence-corrected chi connectivity index (χ3v) is 5.50. The van der Waals surface area contributed by atoms with Gasteiger partial charge in [-0.2, -0.15) is 4.57 Å². The van der Waals surface area contributed by atoms with Gasteiger partial charge < -0.3 is 5.11 Å². The molecule has 3 aromatic carbocycles. The summed E-state index contributed by atoms with van der Waals surface area (Å²) in [4.78, 5) is 32.4. The number of nitrogens with zero attached hydrogens (tertiary/aromatic N) is 6. The first-order chi connectivity index (χ1) is 17.7. The number of non-ortho nitro benzene ring substituents is 1. The van der Waals surface area contributed by atoms with Gasteiger partial charge in [0.05, 0.1) is 26.9 Å². The Hall–Kier alpha value is -5.46. The van der Waals surface area contributed by atoms with Gasteiger partial charge in [0.25, 0.3) is 23.4 Å². The Morgan fingerprint density at radius 3 is 2.05 bits per heavy atom. The lowest BCUT2D eigenvalue weighted by molar-refractivity contribution is -0.580. The van der Waals surface area contributed by atoms with Gasteiger partial charge in [-0.05, 0) is 12.5 Å². The highest BCUT2D eigenvalue weighted by Gasteiger charge is 2.37. The highest BCUT2D eigenvalue weighted by atomic mass is 16.6. The summed E-state index contributed by atoms with van der Waals surface area (Å²) >= 11 is 0. The molecule has 1 aromatic heterocycles. The zero-order valence-corrected chi connectivity index (χ0v) is 19.3. The fourth-order valence-electron chi connectivity index (χ4n) is 3.74. The molecule has 0 amide bonds. The summed E-state index contributed by atoms with van der Waals surface area (Å²) in [5.74, 6) is -0.524. The normalized spacial score (nSPS) is 11.6. The van der Waals surface area contributed by atoms with E-state index in [1.807, 2.05) is 37.3 Å². The molecule has 0 atom stereocenters. The fraction of sp³-hybridized carbons (Fsp3) is 0.0833. The molecule has 0 aliphatic heterocycles. The zero-order valence-electron chi connectivity index (χ0n) is 19.3. The van der Waals surface area contributed by atoms with Crippen molar-refractivity contribution in [1.29, 1.82) is 0 Å². The van der Waals surface area contributed by atoms with Gasteiger partial charge in [0.1, 0.15) is 6.54 Å². The molecule has 0 spiro atoms. The smallest absolute Gasteiger partial charge is 0.294 e. The molecule has 0 fully saturated rings. The molecule has 0 aliphatic rings. The summed E-state index contributed by atoms with van der Waals surface area (Å²) in [6.07, 6.45) is 2.64. The van der Waals surface area contributed by atoms with Gasteiger partial charge in [0, 0.05) is 10.7 Å². The van der Waals surface area contributed by atoms with Gasteiger partial charge in [0.2, 0.25) is 6.33 Å². The number of aliphatic hydroxyl groups is 1. The molecule has 4 rings (SSSR count). The largest absolute Gasteiger partial charge is 0.504 e. The Labute approximate surface area is 208 Å². The third-order valence-electron chi connectivity index (χ3n) is 5.50. The first-order valence-electron chi connectivity index (χ1n) is 10.8. The first-order valence-corrected chi connectivity index (χ1v) is 10.8. The number of hydrogen-bond donors (Lipinski definition) is 1. The standard InChI is InChI=1S/C24H18N6O7/c1-16-7-9-18(10-8-16)24(31)23(26-14-25-27(15-26)13-17-5-3-2-4-6-17)22-20(29(34)35)11-19(28(32)33)12-21(22)30(36)37/h2-12,14-15H,13H2,1H3/p+1/b24-23+. The van der Waals surface area contributed by atoms with Crippen molar-refractivity contribution in [2.45, 2.75) is 13.5 Å². The molecular weight excluding hydrogens is 484 g/mol. The monoisotopic (exact) mass is 503 g/mol. The lowest BCUT2D eigenvalue weighted by Crippen LogP contribution is -2.32. The Balaban J connectivity index is 2.01. The summed E-state index contributed by atoms with van der Waals surface area (Å²) in [5.41, 5.74) is -1.64. The summed E-state index contributed by atoms with van der Waals surface area (Å²) in [5, 5.41) is 50.9. The molecule has 186 valence electrons. The Morgan fingerprint density at radius 1 is 0.919 bits per heavy atom. The van der Waals surface area contributed by atoms with Crippen LogP contribution in [0, 0.1) is 37.3 Å². The van der Waals surface area contributed by atoms with Gasteiger partial charge in [-0.3, -0.25) is 30.3 Å². The maximum atomic E-state index is 12.0. The van der Waals surface area contributed by atoms with Crippen molar-refractivity contribution in [1.82, 2.24) is 9.78 Å². The Bertz CT molecular complexity index is 1510. The topological polar surface area (TPSA) is 171 Å². The Kier molecular flexibility index (Phi) is 6.69. The van der Waals surface area contributed by atoms with Gasteiger partial charge in [-0.15, -0.1) is 4.68 Å². The molecule has 1 N–H and O–H groups in total. The minimum Gasteiger partial charge on any atom is -0.504 e. The zero-order chi connectivity index (χ0) is 26.7. The van der Waals surface area contributed by atoms with Crippen LogP contribution >= 0.6 is 0 Å². The lowest BCUT2D eigenvalue weighted by Gasteiger charge is -2.10. The van der Waals surface area contributed by atoms with Gasteiger partial charge in [0.15, 0.2) is 17.0 Å². The van der Waals surface area contributed by atoms with E-state index in [-0.39, 0.29) is 11.3 Å². The molecule has 0 saturated carbocycles. The highest BCUT2D eigenvalue weighted by Crippen LogP contribution is 2.39. The number of hydrogen-bond acceptors (Lipinski definition) is 8. The molecular formula is C24H19N6O7+. The molecule has 0 radical (unpaired) electrons. The first kappa shape index (κ1) is 24.7. The summed E-state index contributed by atoms with van der Waals surface area (Å²) in [6.45, 7) is 2.12. The number of nitro groups is 3. The Morgan fingerprint density at radius 2 is 1.51 bits per heavy atom. The van der Waals surface area contributed by atoms with Gasteiger partial charge in [-0.25, -0.2) is 0 Å². The van der Waals surface area contributed by atoms with E-state index in [4.69, 9.17) is 0 Å². The second-order valence-corrected chi connectivity index (χ2v) is 8.03. The second-order valence-electron chi connectivity index (χ2n) is 8.03. The van der Waals surface area contributed by atoms with E-state index < -0.39 is 43.2 Å². The van der Waals surface area contributed by atoms with E-state index in [0.29, 0.717) is 18.7 Å². The van der Waals surface area contributed by atoms with E-state index in [2.05, 4.69) is 5.10 Å². The molecule has 0 aliphatic carbocycles. The van der Waals surface area contributed by atoms with Crippen LogP contribution in [-0.2, 0) is 6.54 Å². The minimum atomic E-state index is -0.966. The molecule has 1 heterocycles. The summed E-state index contributed by atoms with van der Waals surface area (Å²) in [6, 6.07) is 17.0. The number of rotatable bonds is 8. The highest BCUT2D eigenvalue weighted by molar-refractivity contribution is 5.89. The van der Waals surface area contributed by atoms with Crippen molar-refractivity contribution >= 4 is 28.5 Å². The molecule has 13 nitrogen and oxygen atoms in total. The molecule has 0 saturated heterocycles. The average Bonchev–Trinajstić information content (AvgIpc) is 3.32. The number of benzene rings is 3. The van der Waals surface area contributed by atoms with Crippen molar-refractivity contribution in [3.63, 3.8) is 0 Å². The number of nitro benzene ring substituents is 3. The van der Waals surface area contributed by atoms with Gasteiger partial charge in [-0.1, -0.05) is 60.2 Å². The minimum absolute atomic E-state index is 0.214. The predicted molar refractivity (Wildman–Crippen MR) is 130 cm³/mol. The van der Waals surface area contributed by atoms with Crippen molar-refractivity contribution in [3.05, 3.63) is 132 Å². The number of aliphatic hydroxyl groups excluding tert-OH is 1. The van der Waals surface area contributed by atoms with Crippen molar-refractivity contribution < 1.29 is 24.4 Å². The van der Waals surface area contributed by atoms with Crippen molar-refractivity contribution in [3.8, 4) is 0 Å². The van der Waals surface area contributed by atoms with E-state index in [9.17, 15) is 35.4 Å². The van der Waals surface area contributed by atoms with Crippen molar-refractivity contribution in [2.24, 2.45) is 0 Å². The maximum absolute atomic E-state index is 12.0. The summed E-state index contributed by atoms with van der Waals surface area (Å²) in [7, 11) is 0. The van der Waals surface area contributed by atoms with Crippen LogP contribution in [-0.4, -0.2) is 29.7 Å². The van der Waals surface area contributed by atoms with Crippen LogP contribution in [0.25, 0.3) is 11.5 Å². The molecule has 0 bridgehead atoms. The fourth-order valence-corrected chi connectivity index (χ4v) is 3.74. The van der Waals surface area contributed by atoms with E-state index in [0.717, 1.165) is 11.1 Å². The van der Waals surface area contributed by atoms with Crippen LogP contribution in [0.2, 0.25) is 0 Å². The predicted octanol–water partition coefficient (Wildman–Crippen LogP) is 4.18. The van der Waals surface area contributed by atoms with E-state index in [1.165, 1.54) is 21.9 Å². The van der Waals surface area contributed by atoms with E-state index >= 15 is 0 Å². The summed E-state index contributed by atoms with van der Waals surface area (Å²) < 4.78 is 2.68. The van der Waals surface area contributed by atoms with Crippen molar-refractivity contribution in [2.75, 3.05) is 0 Å². The third kappa shape index (κ3) is 5.14. The lowest BCUT2D eigenvalue weighted by atomic mass is 10.0. The maximum Gasteiger partial charge on any atom is 0.294 e. The number of aromatic nitrogens is 3. The molecule has 13 heteroatoms. The van der Waals surface area contributed by atoms with Gasteiger partial charge >= 0.3 is 0 Å².